The molecule has 1 aromatic carbocycles. The van der Waals surface area contributed by atoms with Gasteiger partial charge >= 0.3 is 0 Å². The molecule has 0 radical (unpaired) electrons. The molecule has 0 aliphatic rings. The van der Waals surface area contributed by atoms with E-state index in [1.165, 1.54) is 4.88 Å². The minimum Gasteiger partial charge on any atom is -0.494 e. The molecule has 2 rings (SSSR count). The van der Waals surface area contributed by atoms with Gasteiger partial charge in [0.15, 0.2) is 0 Å². The Labute approximate surface area is 106 Å². The van der Waals surface area contributed by atoms with Crippen molar-refractivity contribution in [2.45, 2.75) is 27.2 Å². The van der Waals surface area contributed by atoms with Crippen LogP contribution in [0.3, 0.4) is 0 Å². The largest absolute Gasteiger partial charge is 0.494 e. The first-order valence-corrected chi connectivity index (χ1v) is 6.69. The van der Waals surface area contributed by atoms with E-state index in [0.717, 1.165) is 35.0 Å². The summed E-state index contributed by atoms with van der Waals surface area (Å²) in [5, 5.41) is 1.11. The second-order valence-corrected chi connectivity index (χ2v) is 5.42. The van der Waals surface area contributed by atoms with Gasteiger partial charge in [-0.15, -0.1) is 11.3 Å². The zero-order valence-corrected chi connectivity index (χ0v) is 11.3. The van der Waals surface area contributed by atoms with Gasteiger partial charge in [-0.1, -0.05) is 6.92 Å². The van der Waals surface area contributed by atoms with Crippen LogP contribution in [0.2, 0.25) is 0 Å². The second kappa shape index (κ2) is 5.32. The van der Waals surface area contributed by atoms with E-state index >= 15 is 0 Å². The van der Waals surface area contributed by atoms with Crippen LogP contribution in [0.4, 0.5) is 0 Å². The fourth-order valence-corrected chi connectivity index (χ4v) is 2.57. The number of rotatable bonds is 4. The molecule has 2 nitrogen and oxygen atoms in total. The number of thiazole rings is 1. The van der Waals surface area contributed by atoms with Gasteiger partial charge in [0.1, 0.15) is 5.75 Å². The average Bonchev–Trinajstić information content (AvgIpc) is 2.66. The SMILES string of the molecule is CCCOc1ccc(-c2nc(C)sc2C)cc1. The Morgan fingerprint density at radius 3 is 2.41 bits per heavy atom. The third kappa shape index (κ3) is 2.86. The van der Waals surface area contributed by atoms with Crippen LogP contribution < -0.4 is 4.74 Å². The Morgan fingerprint density at radius 2 is 1.88 bits per heavy atom. The van der Waals surface area contributed by atoms with Crippen LogP contribution in [0.5, 0.6) is 5.75 Å². The summed E-state index contributed by atoms with van der Waals surface area (Å²) < 4.78 is 5.56. The molecule has 0 bridgehead atoms. The highest BCUT2D eigenvalue weighted by atomic mass is 32.1. The van der Waals surface area contributed by atoms with Crippen molar-refractivity contribution in [1.29, 1.82) is 0 Å². The highest BCUT2D eigenvalue weighted by Gasteiger charge is 2.07. The van der Waals surface area contributed by atoms with Crippen molar-refractivity contribution in [2.75, 3.05) is 6.61 Å². The molecule has 0 fully saturated rings. The summed E-state index contributed by atoms with van der Waals surface area (Å²) in [6.07, 6.45) is 1.03. The average molecular weight is 247 g/mol. The lowest BCUT2D eigenvalue weighted by atomic mass is 10.1. The van der Waals surface area contributed by atoms with Crippen LogP contribution in [0.15, 0.2) is 24.3 Å². The first-order chi connectivity index (χ1) is 8.20. The van der Waals surface area contributed by atoms with E-state index in [1.807, 2.05) is 19.1 Å². The van der Waals surface area contributed by atoms with Crippen molar-refractivity contribution in [3.8, 4) is 17.0 Å². The van der Waals surface area contributed by atoms with Crippen molar-refractivity contribution in [3.05, 3.63) is 34.2 Å². The molecule has 0 spiro atoms. The standard InChI is InChI=1S/C14H17NOS/c1-4-9-16-13-7-5-12(6-8-13)14-10(2)17-11(3)15-14/h5-8H,4,9H2,1-3H3. The fourth-order valence-electron chi connectivity index (χ4n) is 1.73. The maximum atomic E-state index is 5.56. The topological polar surface area (TPSA) is 22.1 Å². The number of benzene rings is 1. The van der Waals surface area contributed by atoms with Crippen LogP contribution >= 0.6 is 11.3 Å². The summed E-state index contributed by atoms with van der Waals surface area (Å²) in [5.41, 5.74) is 2.25. The third-order valence-electron chi connectivity index (χ3n) is 2.50. The van der Waals surface area contributed by atoms with Gasteiger partial charge in [-0.3, -0.25) is 0 Å². The molecule has 0 aliphatic carbocycles. The van der Waals surface area contributed by atoms with E-state index < -0.39 is 0 Å². The summed E-state index contributed by atoms with van der Waals surface area (Å²) >= 11 is 1.74. The van der Waals surface area contributed by atoms with Gasteiger partial charge < -0.3 is 4.74 Å². The number of hydrogen-bond donors (Lipinski definition) is 0. The molecule has 2 aromatic rings. The van der Waals surface area contributed by atoms with E-state index in [0.29, 0.717) is 0 Å². The Kier molecular flexibility index (Phi) is 3.79. The highest BCUT2D eigenvalue weighted by Crippen LogP contribution is 2.28. The van der Waals surface area contributed by atoms with Crippen molar-refractivity contribution < 1.29 is 4.74 Å². The number of ether oxygens (including phenoxy) is 1. The smallest absolute Gasteiger partial charge is 0.119 e. The summed E-state index contributed by atoms with van der Waals surface area (Å²) in [5.74, 6) is 0.931. The predicted molar refractivity (Wildman–Crippen MR) is 72.8 cm³/mol. The zero-order valence-electron chi connectivity index (χ0n) is 10.5. The first kappa shape index (κ1) is 12.1. The Balaban J connectivity index is 2.20. The molecule has 17 heavy (non-hydrogen) atoms. The van der Waals surface area contributed by atoms with Gasteiger partial charge in [-0.2, -0.15) is 0 Å². The lowest BCUT2D eigenvalue weighted by Crippen LogP contribution is -1.94. The highest BCUT2D eigenvalue weighted by molar-refractivity contribution is 7.11. The molecule has 1 aromatic heterocycles. The molecule has 1 heterocycles. The third-order valence-corrected chi connectivity index (χ3v) is 3.39. The monoisotopic (exact) mass is 247 g/mol. The van der Waals surface area contributed by atoms with Gasteiger partial charge in [0.25, 0.3) is 0 Å². The van der Waals surface area contributed by atoms with Gasteiger partial charge in [-0.05, 0) is 44.5 Å². The maximum Gasteiger partial charge on any atom is 0.119 e. The normalized spacial score (nSPS) is 10.5. The number of hydrogen-bond acceptors (Lipinski definition) is 3. The van der Waals surface area contributed by atoms with Gasteiger partial charge in [0, 0.05) is 10.4 Å². The molecule has 90 valence electrons. The quantitative estimate of drug-likeness (QED) is 0.807. The summed E-state index contributed by atoms with van der Waals surface area (Å²) in [7, 11) is 0. The van der Waals surface area contributed by atoms with Crippen LogP contribution in [0, 0.1) is 13.8 Å². The lowest BCUT2D eigenvalue weighted by Gasteiger charge is -2.05. The first-order valence-electron chi connectivity index (χ1n) is 5.88. The van der Waals surface area contributed by atoms with Crippen LogP contribution in [0.25, 0.3) is 11.3 Å². The fraction of sp³-hybridized carbons (Fsp3) is 0.357. The van der Waals surface area contributed by atoms with Gasteiger partial charge in [0.05, 0.1) is 17.3 Å². The molecule has 0 aliphatic heterocycles. The minimum atomic E-state index is 0.772. The van der Waals surface area contributed by atoms with E-state index in [1.54, 1.807) is 11.3 Å². The van der Waals surface area contributed by atoms with Crippen molar-refractivity contribution in [3.63, 3.8) is 0 Å². The van der Waals surface area contributed by atoms with E-state index in [2.05, 4.69) is 31.0 Å². The molecule has 0 atom stereocenters. The van der Waals surface area contributed by atoms with E-state index in [-0.39, 0.29) is 0 Å². The molecule has 0 N–H and O–H groups in total. The van der Waals surface area contributed by atoms with Crippen molar-refractivity contribution in [1.82, 2.24) is 4.98 Å². The Hall–Kier alpha value is -1.35. The van der Waals surface area contributed by atoms with Crippen molar-refractivity contribution in [2.24, 2.45) is 0 Å². The van der Waals surface area contributed by atoms with Gasteiger partial charge in [-0.25, -0.2) is 4.98 Å². The molecule has 0 saturated heterocycles. The summed E-state index contributed by atoms with van der Waals surface area (Å²) in [6.45, 7) is 7.03. The Morgan fingerprint density at radius 1 is 1.18 bits per heavy atom. The second-order valence-electron chi connectivity index (χ2n) is 4.01. The molecule has 0 saturated carbocycles. The minimum absolute atomic E-state index is 0.772. The van der Waals surface area contributed by atoms with Gasteiger partial charge in [0.2, 0.25) is 0 Å². The summed E-state index contributed by atoms with van der Waals surface area (Å²) in [6, 6.07) is 8.18. The van der Waals surface area contributed by atoms with Crippen LogP contribution in [-0.2, 0) is 0 Å². The molecular weight excluding hydrogens is 230 g/mol. The van der Waals surface area contributed by atoms with E-state index in [4.69, 9.17) is 4.74 Å². The maximum absolute atomic E-state index is 5.56. The van der Waals surface area contributed by atoms with Crippen molar-refractivity contribution >= 4 is 11.3 Å². The Bertz CT molecular complexity index is 487. The number of aromatic nitrogens is 1. The zero-order chi connectivity index (χ0) is 12.3. The summed E-state index contributed by atoms with van der Waals surface area (Å²) in [4.78, 5) is 5.82. The number of nitrogens with zero attached hydrogens (tertiary/aromatic N) is 1. The van der Waals surface area contributed by atoms with E-state index in [9.17, 15) is 0 Å². The number of aryl methyl sites for hydroxylation is 2. The van der Waals surface area contributed by atoms with Crippen LogP contribution in [0.1, 0.15) is 23.2 Å². The van der Waals surface area contributed by atoms with Crippen LogP contribution in [-0.4, -0.2) is 11.6 Å². The predicted octanol–water partition coefficient (Wildman–Crippen LogP) is 4.22. The molecule has 0 amide bonds. The molecule has 3 heteroatoms. The molecular formula is C14H17NOS. The molecule has 0 unspecified atom stereocenters. The lowest BCUT2D eigenvalue weighted by molar-refractivity contribution is 0.317.